The molecule has 0 bridgehead atoms. The predicted octanol–water partition coefficient (Wildman–Crippen LogP) is 3.11. The topological polar surface area (TPSA) is 44.5 Å². The van der Waals surface area contributed by atoms with E-state index in [-0.39, 0.29) is 11.9 Å². The van der Waals surface area contributed by atoms with Crippen molar-refractivity contribution in [1.82, 2.24) is 15.4 Å². The standard InChI is InChI=1S/C19H27FN4O/c1-4-23-7-9-24(10-8-23)19-6-5-16(20)12-18(19)15(3)21-13-17-11-14(2)25-22-17/h5-6,11-12,15,21H,4,7-10,13H2,1-3H3/t15-/m0/s1. The van der Waals surface area contributed by atoms with Gasteiger partial charge in [-0.25, -0.2) is 4.39 Å². The lowest BCUT2D eigenvalue weighted by Crippen LogP contribution is -2.46. The van der Waals surface area contributed by atoms with Crippen molar-refractivity contribution in [2.24, 2.45) is 0 Å². The van der Waals surface area contributed by atoms with Gasteiger partial charge in [0.1, 0.15) is 11.6 Å². The van der Waals surface area contributed by atoms with Crippen LogP contribution < -0.4 is 10.2 Å². The summed E-state index contributed by atoms with van der Waals surface area (Å²) in [7, 11) is 0. The number of rotatable bonds is 6. The molecule has 25 heavy (non-hydrogen) atoms. The summed E-state index contributed by atoms with van der Waals surface area (Å²) in [6, 6.07) is 7.04. The average Bonchev–Trinajstić information content (AvgIpc) is 3.05. The van der Waals surface area contributed by atoms with Gasteiger partial charge in [-0.2, -0.15) is 0 Å². The van der Waals surface area contributed by atoms with Crippen molar-refractivity contribution in [3.05, 3.63) is 47.1 Å². The number of likely N-dealkylation sites (N-methyl/N-ethyl adjacent to an activating group) is 1. The molecule has 0 amide bonds. The fourth-order valence-corrected chi connectivity index (χ4v) is 3.33. The van der Waals surface area contributed by atoms with Crippen LogP contribution in [-0.4, -0.2) is 42.8 Å². The summed E-state index contributed by atoms with van der Waals surface area (Å²) >= 11 is 0. The van der Waals surface area contributed by atoms with Gasteiger partial charge in [0, 0.05) is 50.5 Å². The molecule has 1 aromatic carbocycles. The second kappa shape index (κ2) is 7.97. The van der Waals surface area contributed by atoms with E-state index in [9.17, 15) is 4.39 Å². The first-order chi connectivity index (χ1) is 12.1. The fraction of sp³-hybridized carbons (Fsp3) is 0.526. The van der Waals surface area contributed by atoms with E-state index in [1.54, 1.807) is 12.1 Å². The van der Waals surface area contributed by atoms with Crippen LogP contribution >= 0.6 is 0 Å². The molecule has 2 aromatic rings. The quantitative estimate of drug-likeness (QED) is 0.871. The number of nitrogens with one attached hydrogen (secondary N) is 1. The molecule has 0 spiro atoms. The maximum atomic E-state index is 13.9. The summed E-state index contributed by atoms with van der Waals surface area (Å²) in [6.45, 7) is 11.9. The highest BCUT2D eigenvalue weighted by molar-refractivity contribution is 5.55. The fourth-order valence-electron chi connectivity index (χ4n) is 3.33. The zero-order valence-electron chi connectivity index (χ0n) is 15.3. The zero-order chi connectivity index (χ0) is 17.8. The van der Waals surface area contributed by atoms with Crippen LogP contribution in [0.2, 0.25) is 0 Å². The van der Waals surface area contributed by atoms with Crippen LogP contribution in [0.4, 0.5) is 10.1 Å². The van der Waals surface area contributed by atoms with Crippen LogP contribution in [0.5, 0.6) is 0 Å². The Bertz CT molecular complexity index is 694. The first-order valence-corrected chi connectivity index (χ1v) is 8.99. The van der Waals surface area contributed by atoms with Gasteiger partial charge in [0.2, 0.25) is 0 Å². The number of hydrogen-bond acceptors (Lipinski definition) is 5. The third-order valence-electron chi connectivity index (χ3n) is 4.88. The van der Waals surface area contributed by atoms with Gasteiger partial charge in [0.15, 0.2) is 0 Å². The first kappa shape index (κ1) is 17.9. The van der Waals surface area contributed by atoms with Crippen molar-refractivity contribution < 1.29 is 8.91 Å². The number of hydrogen-bond donors (Lipinski definition) is 1. The average molecular weight is 346 g/mol. The minimum absolute atomic E-state index is 0.0203. The molecule has 3 rings (SSSR count). The van der Waals surface area contributed by atoms with E-state index < -0.39 is 0 Å². The summed E-state index contributed by atoms with van der Waals surface area (Å²) in [5.74, 6) is 0.599. The summed E-state index contributed by atoms with van der Waals surface area (Å²) in [6.07, 6.45) is 0. The third-order valence-corrected chi connectivity index (χ3v) is 4.88. The minimum atomic E-state index is -0.197. The second-order valence-corrected chi connectivity index (χ2v) is 6.66. The minimum Gasteiger partial charge on any atom is -0.369 e. The lowest BCUT2D eigenvalue weighted by molar-refractivity contribution is 0.271. The van der Waals surface area contributed by atoms with Crippen molar-refractivity contribution in [2.45, 2.75) is 33.4 Å². The van der Waals surface area contributed by atoms with Crippen LogP contribution in [0.15, 0.2) is 28.8 Å². The highest BCUT2D eigenvalue weighted by Gasteiger charge is 2.21. The normalized spacial score (nSPS) is 17.0. The Labute approximate surface area is 148 Å². The van der Waals surface area contributed by atoms with Crippen LogP contribution in [0, 0.1) is 12.7 Å². The highest BCUT2D eigenvalue weighted by Crippen LogP contribution is 2.28. The van der Waals surface area contributed by atoms with E-state index in [0.717, 1.165) is 55.4 Å². The molecule has 6 heteroatoms. The molecule has 1 aliphatic rings. The largest absolute Gasteiger partial charge is 0.369 e. The lowest BCUT2D eigenvalue weighted by Gasteiger charge is -2.37. The molecule has 0 aliphatic carbocycles. The van der Waals surface area contributed by atoms with E-state index in [4.69, 9.17) is 4.52 Å². The molecule has 1 atom stereocenters. The number of aryl methyl sites for hydroxylation is 1. The monoisotopic (exact) mass is 346 g/mol. The molecule has 0 radical (unpaired) electrons. The summed E-state index contributed by atoms with van der Waals surface area (Å²) in [4.78, 5) is 4.80. The maximum Gasteiger partial charge on any atom is 0.133 e. The zero-order valence-corrected chi connectivity index (χ0v) is 15.3. The van der Waals surface area contributed by atoms with E-state index in [2.05, 4.69) is 34.1 Å². The molecule has 1 saturated heterocycles. The molecule has 0 unspecified atom stereocenters. The van der Waals surface area contributed by atoms with Crippen molar-refractivity contribution in [1.29, 1.82) is 0 Å². The Morgan fingerprint density at radius 2 is 2.00 bits per heavy atom. The molecule has 1 fully saturated rings. The van der Waals surface area contributed by atoms with E-state index in [1.165, 1.54) is 0 Å². The molecule has 1 N–H and O–H groups in total. The molecule has 1 aliphatic heterocycles. The SMILES string of the molecule is CCN1CCN(c2ccc(F)cc2[C@H](C)NCc2cc(C)on2)CC1. The van der Waals surface area contributed by atoms with Crippen molar-refractivity contribution >= 4 is 5.69 Å². The molecule has 136 valence electrons. The maximum absolute atomic E-state index is 13.9. The highest BCUT2D eigenvalue weighted by atomic mass is 19.1. The summed E-state index contributed by atoms with van der Waals surface area (Å²) < 4.78 is 19.0. The van der Waals surface area contributed by atoms with E-state index >= 15 is 0 Å². The third kappa shape index (κ3) is 4.38. The molecular formula is C19H27FN4O. The number of anilines is 1. The van der Waals surface area contributed by atoms with Crippen LogP contribution in [-0.2, 0) is 6.54 Å². The van der Waals surface area contributed by atoms with Crippen LogP contribution in [0.1, 0.15) is 36.9 Å². The molecular weight excluding hydrogens is 319 g/mol. The predicted molar refractivity (Wildman–Crippen MR) is 97.2 cm³/mol. The smallest absolute Gasteiger partial charge is 0.133 e. The number of benzene rings is 1. The number of piperazine rings is 1. The van der Waals surface area contributed by atoms with Crippen LogP contribution in [0.3, 0.4) is 0 Å². The Hall–Kier alpha value is -1.92. The van der Waals surface area contributed by atoms with Crippen molar-refractivity contribution in [2.75, 3.05) is 37.6 Å². The van der Waals surface area contributed by atoms with Gasteiger partial charge >= 0.3 is 0 Å². The summed E-state index contributed by atoms with van der Waals surface area (Å²) in [5.41, 5.74) is 2.97. The van der Waals surface area contributed by atoms with Crippen molar-refractivity contribution in [3.8, 4) is 0 Å². The lowest BCUT2D eigenvalue weighted by atomic mass is 10.0. The van der Waals surface area contributed by atoms with Gasteiger partial charge in [0.25, 0.3) is 0 Å². The Morgan fingerprint density at radius 3 is 2.64 bits per heavy atom. The number of nitrogens with zero attached hydrogens (tertiary/aromatic N) is 3. The molecule has 0 saturated carbocycles. The molecule has 1 aromatic heterocycles. The van der Waals surface area contributed by atoms with E-state index in [1.807, 2.05) is 19.1 Å². The number of halogens is 1. The van der Waals surface area contributed by atoms with Gasteiger partial charge in [-0.1, -0.05) is 12.1 Å². The first-order valence-electron chi connectivity index (χ1n) is 8.99. The Morgan fingerprint density at radius 1 is 1.24 bits per heavy atom. The Kier molecular flexibility index (Phi) is 5.71. The Balaban J connectivity index is 1.72. The molecule has 5 nitrogen and oxygen atoms in total. The van der Waals surface area contributed by atoms with Crippen molar-refractivity contribution in [3.63, 3.8) is 0 Å². The second-order valence-electron chi connectivity index (χ2n) is 6.66. The van der Waals surface area contributed by atoms with Crippen LogP contribution in [0.25, 0.3) is 0 Å². The molecule has 2 heterocycles. The van der Waals surface area contributed by atoms with E-state index in [0.29, 0.717) is 6.54 Å². The van der Waals surface area contributed by atoms with Gasteiger partial charge < -0.3 is 19.6 Å². The van der Waals surface area contributed by atoms with Gasteiger partial charge in [0.05, 0.1) is 5.69 Å². The summed E-state index contributed by atoms with van der Waals surface area (Å²) in [5, 5.41) is 7.43. The van der Waals surface area contributed by atoms with Gasteiger partial charge in [-0.3, -0.25) is 0 Å². The van der Waals surface area contributed by atoms with Gasteiger partial charge in [-0.05, 0) is 44.2 Å². The van der Waals surface area contributed by atoms with Gasteiger partial charge in [-0.15, -0.1) is 0 Å². The number of aromatic nitrogens is 1.